The number of aromatic nitrogens is 3. The molecule has 10 aromatic rings. The third kappa shape index (κ3) is 3.20. The zero-order valence-corrected chi connectivity index (χ0v) is 24.3. The zero-order valence-electron chi connectivity index (χ0n) is 23.5. The Balaban J connectivity index is 1.46. The molecule has 0 radical (unpaired) electrons. The minimum Gasteiger partial charge on any atom is -0.277 e. The van der Waals surface area contributed by atoms with Crippen LogP contribution >= 0.6 is 11.3 Å². The van der Waals surface area contributed by atoms with Gasteiger partial charge in [-0.25, -0.2) is 9.97 Å². The highest BCUT2D eigenvalue weighted by atomic mass is 32.1. The number of rotatable bonds is 2. The largest absolute Gasteiger partial charge is 0.277 e. The second kappa shape index (κ2) is 8.96. The van der Waals surface area contributed by atoms with Crippen LogP contribution in [0.4, 0.5) is 0 Å². The van der Waals surface area contributed by atoms with E-state index in [0.29, 0.717) is 5.95 Å². The first kappa shape index (κ1) is 23.9. The smallest absolute Gasteiger partial charge is 0.235 e. The molecule has 0 amide bonds. The summed E-state index contributed by atoms with van der Waals surface area (Å²) < 4.78 is 4.90. The monoisotopic (exact) mass is 577 g/mol. The Labute approximate surface area is 256 Å². The fourth-order valence-electron chi connectivity index (χ4n) is 7.12. The van der Waals surface area contributed by atoms with Crippen LogP contribution in [-0.2, 0) is 0 Å². The van der Waals surface area contributed by atoms with Crippen LogP contribution in [-0.4, -0.2) is 14.5 Å². The standard InChI is InChI=1S/C40H23N3S/c1-2-13-25(14-3-1)37-35-26-15-5-4-12-24(26)22-23-31(35)41-40(42-37)43-32-20-10-8-18-29(32)34-27-16-6-7-17-28(27)39-36(38(34)43)30-19-9-11-21-33(30)44-39/h1-23H. The Hall–Kier alpha value is -5.58. The Bertz CT molecular complexity index is 2770. The summed E-state index contributed by atoms with van der Waals surface area (Å²) in [5, 5.41) is 11.0. The molecule has 7 aromatic carbocycles. The van der Waals surface area contributed by atoms with Crippen LogP contribution in [0.1, 0.15) is 0 Å². The first-order valence-electron chi connectivity index (χ1n) is 14.9. The number of hydrogen-bond donors (Lipinski definition) is 0. The van der Waals surface area contributed by atoms with Crippen molar-refractivity contribution in [1.82, 2.24) is 14.5 Å². The minimum atomic E-state index is 0.685. The molecular weight excluding hydrogens is 555 g/mol. The molecule has 0 spiro atoms. The van der Waals surface area contributed by atoms with Crippen LogP contribution in [0.2, 0.25) is 0 Å². The molecule has 0 unspecified atom stereocenters. The SMILES string of the molecule is c1ccc(-c2nc(-n3c4ccccc4c4c5ccccc5c5sc6ccccc6c5c43)nc3ccc4ccccc4c23)cc1. The summed E-state index contributed by atoms with van der Waals surface area (Å²) in [5.74, 6) is 0.685. The summed E-state index contributed by atoms with van der Waals surface area (Å²) in [7, 11) is 0. The van der Waals surface area contributed by atoms with Crippen LogP contribution in [0.5, 0.6) is 0 Å². The van der Waals surface area contributed by atoms with Gasteiger partial charge in [0.2, 0.25) is 5.95 Å². The molecule has 44 heavy (non-hydrogen) atoms. The molecule has 3 aromatic heterocycles. The van der Waals surface area contributed by atoms with Crippen LogP contribution in [0, 0.1) is 0 Å². The molecule has 0 bridgehead atoms. The van der Waals surface area contributed by atoms with Crippen molar-refractivity contribution in [2.75, 3.05) is 0 Å². The van der Waals surface area contributed by atoms with Gasteiger partial charge in [0, 0.05) is 47.3 Å². The zero-order chi connectivity index (χ0) is 28.8. The maximum Gasteiger partial charge on any atom is 0.235 e. The van der Waals surface area contributed by atoms with E-state index in [2.05, 4.69) is 144 Å². The van der Waals surface area contributed by atoms with Crippen molar-refractivity contribution in [3.8, 4) is 17.2 Å². The molecule has 3 nitrogen and oxygen atoms in total. The van der Waals surface area contributed by atoms with Gasteiger partial charge in [-0.15, -0.1) is 11.3 Å². The van der Waals surface area contributed by atoms with E-state index in [1.54, 1.807) is 0 Å². The molecule has 4 heteroatoms. The van der Waals surface area contributed by atoms with Crippen LogP contribution in [0.25, 0.3) is 91.6 Å². The Morgan fingerprint density at radius 2 is 1.16 bits per heavy atom. The van der Waals surface area contributed by atoms with E-state index in [4.69, 9.17) is 9.97 Å². The lowest BCUT2D eigenvalue weighted by Gasteiger charge is -2.14. The third-order valence-corrected chi connectivity index (χ3v) is 10.2. The number of benzene rings is 7. The molecule has 0 aliphatic carbocycles. The van der Waals surface area contributed by atoms with Gasteiger partial charge < -0.3 is 0 Å². The molecule has 0 atom stereocenters. The van der Waals surface area contributed by atoms with Crippen molar-refractivity contribution < 1.29 is 0 Å². The van der Waals surface area contributed by atoms with E-state index in [0.717, 1.165) is 38.6 Å². The lowest BCUT2D eigenvalue weighted by atomic mass is 10.00. The van der Waals surface area contributed by atoms with Gasteiger partial charge in [0.1, 0.15) is 0 Å². The molecule has 3 heterocycles. The highest BCUT2D eigenvalue weighted by Crippen LogP contribution is 2.47. The summed E-state index contributed by atoms with van der Waals surface area (Å²) in [6.45, 7) is 0. The van der Waals surface area contributed by atoms with E-state index in [1.165, 1.54) is 47.1 Å². The van der Waals surface area contributed by atoms with Crippen molar-refractivity contribution in [3.63, 3.8) is 0 Å². The van der Waals surface area contributed by atoms with Crippen LogP contribution in [0.15, 0.2) is 140 Å². The normalized spacial score (nSPS) is 12.1. The highest BCUT2D eigenvalue weighted by molar-refractivity contribution is 7.27. The number of hydrogen-bond acceptors (Lipinski definition) is 3. The van der Waals surface area contributed by atoms with Gasteiger partial charge in [-0.1, -0.05) is 121 Å². The number of fused-ring (bicyclic) bond motifs is 13. The van der Waals surface area contributed by atoms with Gasteiger partial charge in [-0.3, -0.25) is 4.57 Å². The van der Waals surface area contributed by atoms with Crippen molar-refractivity contribution in [2.24, 2.45) is 0 Å². The second-order valence-electron chi connectivity index (χ2n) is 11.3. The highest BCUT2D eigenvalue weighted by Gasteiger charge is 2.24. The van der Waals surface area contributed by atoms with Crippen molar-refractivity contribution in [3.05, 3.63) is 140 Å². The molecular formula is C40H23N3S. The van der Waals surface area contributed by atoms with Gasteiger partial charge in [0.25, 0.3) is 0 Å². The van der Waals surface area contributed by atoms with Gasteiger partial charge in [-0.05, 0) is 34.4 Å². The Kier molecular flexibility index (Phi) is 4.87. The first-order valence-corrected chi connectivity index (χ1v) is 15.7. The molecule has 10 rings (SSSR count). The lowest BCUT2D eigenvalue weighted by molar-refractivity contribution is 1.02. The van der Waals surface area contributed by atoms with Crippen LogP contribution in [0.3, 0.4) is 0 Å². The Morgan fingerprint density at radius 3 is 2.02 bits per heavy atom. The van der Waals surface area contributed by atoms with E-state index in [1.807, 2.05) is 11.3 Å². The minimum absolute atomic E-state index is 0.685. The molecule has 0 aliphatic heterocycles. The average molecular weight is 578 g/mol. The molecule has 0 saturated carbocycles. The molecule has 0 fully saturated rings. The fourth-order valence-corrected chi connectivity index (χ4v) is 8.37. The third-order valence-electron chi connectivity index (χ3n) is 8.97. The summed E-state index contributed by atoms with van der Waals surface area (Å²) in [5.41, 5.74) is 5.23. The fraction of sp³-hybridized carbons (Fsp3) is 0. The predicted molar refractivity (Wildman–Crippen MR) is 187 cm³/mol. The van der Waals surface area contributed by atoms with Crippen LogP contribution < -0.4 is 0 Å². The van der Waals surface area contributed by atoms with E-state index < -0.39 is 0 Å². The maximum atomic E-state index is 5.47. The first-order chi connectivity index (χ1) is 21.8. The van der Waals surface area contributed by atoms with Gasteiger partial charge in [0.05, 0.1) is 22.2 Å². The van der Waals surface area contributed by atoms with Crippen molar-refractivity contribution in [2.45, 2.75) is 0 Å². The quantitative estimate of drug-likeness (QED) is 0.191. The summed E-state index contributed by atoms with van der Waals surface area (Å²) in [6.07, 6.45) is 0. The van der Waals surface area contributed by atoms with E-state index in [9.17, 15) is 0 Å². The maximum absolute atomic E-state index is 5.47. The summed E-state index contributed by atoms with van der Waals surface area (Å²) in [4.78, 5) is 10.8. The average Bonchev–Trinajstić information content (AvgIpc) is 3.65. The topological polar surface area (TPSA) is 30.7 Å². The van der Waals surface area contributed by atoms with E-state index >= 15 is 0 Å². The second-order valence-corrected chi connectivity index (χ2v) is 12.4. The molecule has 204 valence electrons. The van der Waals surface area contributed by atoms with E-state index in [-0.39, 0.29) is 0 Å². The predicted octanol–water partition coefficient (Wildman–Crippen LogP) is 11.1. The molecule has 0 saturated heterocycles. The van der Waals surface area contributed by atoms with Gasteiger partial charge in [0.15, 0.2) is 0 Å². The number of para-hydroxylation sites is 1. The molecule has 0 aliphatic rings. The number of nitrogens with zero attached hydrogens (tertiary/aromatic N) is 3. The molecule has 0 N–H and O–H groups in total. The lowest BCUT2D eigenvalue weighted by Crippen LogP contribution is -2.04. The van der Waals surface area contributed by atoms with Crippen molar-refractivity contribution >= 4 is 85.8 Å². The summed E-state index contributed by atoms with van der Waals surface area (Å²) in [6, 6.07) is 49.7. The Morgan fingerprint density at radius 1 is 0.477 bits per heavy atom. The summed E-state index contributed by atoms with van der Waals surface area (Å²) >= 11 is 1.87. The van der Waals surface area contributed by atoms with Crippen molar-refractivity contribution in [1.29, 1.82) is 0 Å². The number of thiophene rings is 1. The van der Waals surface area contributed by atoms with Gasteiger partial charge in [-0.2, -0.15) is 0 Å². The van der Waals surface area contributed by atoms with Gasteiger partial charge >= 0.3 is 0 Å².